The van der Waals surface area contributed by atoms with Gasteiger partial charge in [-0.25, -0.2) is 0 Å². The monoisotopic (exact) mass is 470 g/mol. The van der Waals surface area contributed by atoms with Crippen LogP contribution < -0.4 is 15.5 Å². The lowest BCUT2D eigenvalue weighted by Crippen LogP contribution is -2.35. The van der Waals surface area contributed by atoms with E-state index in [1.54, 1.807) is 30.3 Å². The fourth-order valence-electron chi connectivity index (χ4n) is 2.69. The van der Waals surface area contributed by atoms with Gasteiger partial charge in [-0.1, -0.05) is 11.6 Å². The molecule has 0 saturated heterocycles. The molecule has 0 aliphatic rings. The molecule has 0 fully saturated rings. The average Bonchev–Trinajstić information content (AvgIpc) is 2.79. The number of amides is 1. The van der Waals surface area contributed by atoms with Crippen molar-refractivity contribution in [3.63, 3.8) is 0 Å². The summed E-state index contributed by atoms with van der Waals surface area (Å²) in [6.07, 6.45) is 1.04. The molecule has 13 heteroatoms. The largest absolute Gasteiger partial charge is 0.618 e. The molecule has 0 atom stereocenters. The molecule has 0 saturated carbocycles. The number of benzene rings is 2. The summed E-state index contributed by atoms with van der Waals surface area (Å²) in [5, 5.41) is 41.3. The number of hydrazone groups is 1. The van der Waals surface area contributed by atoms with E-state index in [-0.39, 0.29) is 23.5 Å². The van der Waals surface area contributed by atoms with Crippen molar-refractivity contribution in [3.8, 4) is 0 Å². The van der Waals surface area contributed by atoms with Crippen LogP contribution in [0.15, 0.2) is 72.0 Å². The Hall–Kier alpha value is -4.58. The molecule has 3 aromatic rings. The molecule has 0 unspecified atom stereocenters. The predicted octanol–water partition coefficient (Wildman–Crippen LogP) is 3.44. The normalized spacial score (nSPS) is 11.0. The number of carbonyl (C=O) groups excluding carboxylic acids is 1. The van der Waals surface area contributed by atoms with E-state index in [0.29, 0.717) is 15.4 Å². The maximum Gasteiger partial charge on any atom is 0.301 e. The third-order valence-corrected chi connectivity index (χ3v) is 4.57. The summed E-state index contributed by atoms with van der Waals surface area (Å²) in [6, 6.07) is 13.8. The first kappa shape index (κ1) is 23.1. The second kappa shape index (κ2) is 10.2. The molecule has 1 amide bonds. The Kier molecular flexibility index (Phi) is 7.10. The lowest BCUT2D eigenvalue weighted by atomic mass is 10.1. The van der Waals surface area contributed by atoms with Gasteiger partial charge in [-0.3, -0.25) is 30.4 Å². The number of nitro groups is 2. The van der Waals surface area contributed by atoms with Gasteiger partial charge in [-0.05, 0) is 36.4 Å². The number of hydrogen-bond donors (Lipinski definition) is 2. The molecule has 0 spiro atoms. The van der Waals surface area contributed by atoms with E-state index in [2.05, 4.69) is 15.8 Å². The summed E-state index contributed by atoms with van der Waals surface area (Å²) in [5.41, 5.74) is 1.57. The molecule has 0 bridgehead atoms. The number of carbonyl (C=O) groups is 1. The van der Waals surface area contributed by atoms with E-state index < -0.39 is 27.1 Å². The van der Waals surface area contributed by atoms with E-state index in [0.717, 1.165) is 18.2 Å². The Bertz CT molecular complexity index is 1250. The summed E-state index contributed by atoms with van der Waals surface area (Å²) in [5.74, 6) is -0.682. The summed E-state index contributed by atoms with van der Waals surface area (Å²) >= 11 is 5.84. The van der Waals surface area contributed by atoms with Crippen molar-refractivity contribution in [1.82, 2.24) is 0 Å². The number of nitro benzene ring substituents is 2. The number of rotatable bonds is 8. The number of nitrogens with one attached hydrogen (secondary N) is 2. The van der Waals surface area contributed by atoms with Crippen molar-refractivity contribution in [3.05, 3.63) is 103 Å². The van der Waals surface area contributed by atoms with Gasteiger partial charge in [0, 0.05) is 28.9 Å². The third-order valence-electron chi connectivity index (χ3n) is 4.32. The lowest BCUT2D eigenvalue weighted by molar-refractivity contribution is -0.613. The van der Waals surface area contributed by atoms with E-state index in [1.165, 1.54) is 18.3 Å². The van der Waals surface area contributed by atoms with Gasteiger partial charge in [0.25, 0.3) is 11.6 Å². The van der Waals surface area contributed by atoms with Crippen LogP contribution in [-0.4, -0.2) is 21.5 Å². The van der Waals surface area contributed by atoms with Gasteiger partial charge in [-0.2, -0.15) is 9.83 Å². The van der Waals surface area contributed by atoms with Crippen LogP contribution in [0, 0.1) is 25.4 Å². The highest BCUT2D eigenvalue weighted by atomic mass is 35.5. The number of nitrogens with zero attached hydrogens (tertiary/aromatic N) is 4. The van der Waals surface area contributed by atoms with Crippen molar-refractivity contribution in [2.45, 2.75) is 6.42 Å². The zero-order valence-corrected chi connectivity index (χ0v) is 17.4. The maximum absolute atomic E-state index is 12.8. The number of pyridine rings is 1. The Balaban J connectivity index is 1.93. The molecule has 2 N–H and O–H groups in total. The Morgan fingerprint density at radius 3 is 2.39 bits per heavy atom. The number of hydrogen-bond acceptors (Lipinski definition) is 8. The Labute approximate surface area is 191 Å². The maximum atomic E-state index is 12.8. The predicted molar refractivity (Wildman–Crippen MR) is 120 cm³/mol. The molecule has 33 heavy (non-hydrogen) atoms. The first-order valence-electron chi connectivity index (χ1n) is 9.24. The first-order chi connectivity index (χ1) is 15.7. The van der Waals surface area contributed by atoms with E-state index in [9.17, 15) is 30.2 Å². The molecule has 1 aromatic heterocycles. The van der Waals surface area contributed by atoms with Gasteiger partial charge in [0.2, 0.25) is 0 Å². The molecule has 0 radical (unpaired) electrons. The average molecular weight is 471 g/mol. The smallest absolute Gasteiger partial charge is 0.301 e. The highest BCUT2D eigenvalue weighted by molar-refractivity contribution is 6.43. The second-order valence-corrected chi connectivity index (χ2v) is 6.98. The van der Waals surface area contributed by atoms with Crippen LogP contribution >= 0.6 is 11.6 Å². The Morgan fingerprint density at radius 1 is 1.03 bits per heavy atom. The zero-order chi connectivity index (χ0) is 24.0. The third kappa shape index (κ3) is 5.98. The minimum atomic E-state index is -0.818. The van der Waals surface area contributed by atoms with E-state index in [1.807, 2.05) is 0 Å². The van der Waals surface area contributed by atoms with E-state index >= 15 is 0 Å². The standard InChI is InChI=1S/C20H15ClN6O6/c21-13-4-6-14(7-5-13)22-20(28)18(11-15-3-1-2-10-25(15)29)24-23-17-9-8-16(26(30)31)12-19(17)27(32)33/h1-10,12,23H,11H2,(H,22,28)/b24-18+. The first-order valence-corrected chi connectivity index (χ1v) is 9.62. The minimum absolute atomic E-state index is 0.173. The highest BCUT2D eigenvalue weighted by Gasteiger charge is 2.21. The molecule has 0 aliphatic carbocycles. The van der Waals surface area contributed by atoms with Gasteiger partial charge in [-0.15, -0.1) is 0 Å². The summed E-state index contributed by atoms with van der Waals surface area (Å²) in [6.45, 7) is 0. The molecule has 0 aliphatic heterocycles. The van der Waals surface area contributed by atoms with Crippen LogP contribution in [0.5, 0.6) is 0 Å². The molecule has 1 heterocycles. The molecule has 168 valence electrons. The number of halogens is 1. The fraction of sp³-hybridized carbons (Fsp3) is 0.0500. The number of non-ortho nitro benzene ring substituents is 1. The van der Waals surface area contributed by atoms with Crippen LogP contribution in [-0.2, 0) is 11.2 Å². The van der Waals surface area contributed by atoms with Crippen LogP contribution in [0.2, 0.25) is 5.02 Å². The van der Waals surface area contributed by atoms with Gasteiger partial charge >= 0.3 is 5.69 Å². The topological polar surface area (TPSA) is 167 Å². The SMILES string of the molecule is O=C(Nc1ccc(Cl)cc1)/C(Cc1cccc[n+]1[O-])=N/Nc1ccc([N+](=O)[O-])cc1[N+](=O)[O-]. The van der Waals surface area contributed by atoms with Crippen molar-refractivity contribution in [1.29, 1.82) is 0 Å². The fourth-order valence-corrected chi connectivity index (χ4v) is 2.81. The molecule has 2 aromatic carbocycles. The van der Waals surface area contributed by atoms with E-state index in [4.69, 9.17) is 11.6 Å². The van der Waals surface area contributed by atoms with Crippen LogP contribution in [0.1, 0.15) is 5.69 Å². The second-order valence-electron chi connectivity index (χ2n) is 6.54. The molecular formula is C20H15ClN6O6. The van der Waals surface area contributed by atoms with Gasteiger partial charge in [0.1, 0.15) is 11.4 Å². The van der Waals surface area contributed by atoms with Crippen LogP contribution in [0.3, 0.4) is 0 Å². The summed E-state index contributed by atoms with van der Waals surface area (Å²) < 4.78 is 0.555. The summed E-state index contributed by atoms with van der Waals surface area (Å²) in [7, 11) is 0. The van der Waals surface area contributed by atoms with Crippen molar-refractivity contribution in [2.75, 3.05) is 10.7 Å². The summed E-state index contributed by atoms with van der Waals surface area (Å²) in [4.78, 5) is 33.5. The quantitative estimate of drug-likeness (QED) is 0.167. The van der Waals surface area contributed by atoms with Gasteiger partial charge < -0.3 is 10.5 Å². The number of aromatic nitrogens is 1. The molecule has 12 nitrogen and oxygen atoms in total. The zero-order valence-electron chi connectivity index (χ0n) is 16.7. The highest BCUT2D eigenvalue weighted by Crippen LogP contribution is 2.29. The Morgan fingerprint density at radius 2 is 1.76 bits per heavy atom. The van der Waals surface area contributed by atoms with Gasteiger partial charge in [0.15, 0.2) is 11.9 Å². The van der Waals surface area contributed by atoms with Crippen molar-refractivity contribution in [2.24, 2.45) is 5.10 Å². The molecule has 3 rings (SSSR count). The van der Waals surface area contributed by atoms with Crippen LogP contribution in [0.25, 0.3) is 0 Å². The van der Waals surface area contributed by atoms with Crippen molar-refractivity contribution < 1.29 is 19.4 Å². The van der Waals surface area contributed by atoms with Gasteiger partial charge in [0.05, 0.1) is 22.3 Å². The minimum Gasteiger partial charge on any atom is -0.618 e. The van der Waals surface area contributed by atoms with Crippen LogP contribution in [0.4, 0.5) is 22.7 Å². The lowest BCUT2D eigenvalue weighted by Gasteiger charge is -2.10. The number of anilines is 2. The van der Waals surface area contributed by atoms with Crippen molar-refractivity contribution >= 4 is 46.0 Å². The molecular weight excluding hydrogens is 456 g/mol.